The fourth-order valence-corrected chi connectivity index (χ4v) is 2.63. The van der Waals surface area contributed by atoms with Gasteiger partial charge in [-0.3, -0.25) is 0 Å². The van der Waals surface area contributed by atoms with E-state index < -0.39 is 0 Å². The lowest BCUT2D eigenvalue weighted by Gasteiger charge is -2.07. The predicted octanol–water partition coefficient (Wildman–Crippen LogP) is 5.14. The van der Waals surface area contributed by atoms with Crippen LogP contribution in [-0.4, -0.2) is 0 Å². The second-order valence-electron chi connectivity index (χ2n) is 5.94. The van der Waals surface area contributed by atoms with E-state index in [1.165, 1.54) is 57.8 Å². The maximum Gasteiger partial charge on any atom is 0.168 e. The van der Waals surface area contributed by atoms with Crippen molar-refractivity contribution in [2.75, 3.05) is 0 Å². The van der Waals surface area contributed by atoms with E-state index in [0.717, 1.165) is 12.5 Å². The van der Waals surface area contributed by atoms with Gasteiger partial charge in [0.2, 0.25) is 0 Å². The summed E-state index contributed by atoms with van der Waals surface area (Å²) in [4.78, 5) is 0. The van der Waals surface area contributed by atoms with Crippen LogP contribution in [0.4, 0.5) is 0 Å². The Hall–Kier alpha value is -0.850. The minimum atomic E-state index is 0.799. The maximum absolute atomic E-state index is 2.38. The van der Waals surface area contributed by atoms with E-state index in [-0.39, 0.29) is 0 Å². The van der Waals surface area contributed by atoms with Crippen LogP contribution in [0.5, 0.6) is 0 Å². The van der Waals surface area contributed by atoms with E-state index in [2.05, 4.69) is 49.0 Å². The first-order valence-electron chi connectivity index (χ1n) is 8.27. The van der Waals surface area contributed by atoms with Gasteiger partial charge in [-0.15, -0.1) is 0 Å². The Bertz CT molecular complexity index is 294. The lowest BCUT2D eigenvalue weighted by molar-refractivity contribution is -0.703. The normalized spacial score (nSPS) is 12.5. The van der Waals surface area contributed by atoms with Gasteiger partial charge in [-0.2, -0.15) is 0 Å². The summed E-state index contributed by atoms with van der Waals surface area (Å²) in [5.74, 6) is 0.799. The average Bonchev–Trinajstić information content (AvgIpc) is 2.43. The van der Waals surface area contributed by atoms with E-state index in [0.29, 0.717) is 0 Å². The van der Waals surface area contributed by atoms with Crippen molar-refractivity contribution in [3.63, 3.8) is 0 Å². The molecule has 0 spiro atoms. The van der Waals surface area contributed by atoms with Crippen molar-refractivity contribution in [3.05, 3.63) is 30.6 Å². The van der Waals surface area contributed by atoms with E-state index >= 15 is 0 Å². The Labute approximate surface area is 120 Å². The molecule has 1 rings (SSSR count). The molecule has 108 valence electrons. The highest BCUT2D eigenvalue weighted by molar-refractivity contribution is 4.83. The molecule has 0 bridgehead atoms. The van der Waals surface area contributed by atoms with Gasteiger partial charge >= 0.3 is 0 Å². The second kappa shape index (κ2) is 11.0. The fourth-order valence-electron chi connectivity index (χ4n) is 2.63. The summed E-state index contributed by atoms with van der Waals surface area (Å²) in [5, 5.41) is 0. The van der Waals surface area contributed by atoms with Crippen molar-refractivity contribution < 1.29 is 4.57 Å². The summed E-state index contributed by atoms with van der Waals surface area (Å²) in [7, 11) is 0. The molecule has 1 heteroatoms. The molecule has 0 aliphatic heterocycles. The van der Waals surface area contributed by atoms with Crippen molar-refractivity contribution in [3.8, 4) is 0 Å². The van der Waals surface area contributed by atoms with Crippen LogP contribution in [0.25, 0.3) is 0 Å². The van der Waals surface area contributed by atoms with Crippen molar-refractivity contribution in [2.45, 2.75) is 78.2 Å². The van der Waals surface area contributed by atoms with E-state index in [1.807, 2.05) is 0 Å². The molecule has 19 heavy (non-hydrogen) atoms. The minimum Gasteiger partial charge on any atom is -0.205 e. The van der Waals surface area contributed by atoms with Crippen LogP contribution >= 0.6 is 0 Å². The molecule has 0 amide bonds. The van der Waals surface area contributed by atoms with Crippen LogP contribution in [0.3, 0.4) is 0 Å². The van der Waals surface area contributed by atoms with Gasteiger partial charge in [0.1, 0.15) is 0 Å². The Morgan fingerprint density at radius 1 is 0.789 bits per heavy atom. The molecule has 1 aromatic heterocycles. The van der Waals surface area contributed by atoms with Gasteiger partial charge in [0.15, 0.2) is 18.9 Å². The number of pyridine rings is 1. The molecule has 0 fully saturated rings. The van der Waals surface area contributed by atoms with Crippen LogP contribution in [0.2, 0.25) is 0 Å². The van der Waals surface area contributed by atoms with Crippen molar-refractivity contribution in [1.29, 1.82) is 0 Å². The lowest BCUT2D eigenvalue weighted by Crippen LogP contribution is -2.35. The summed E-state index contributed by atoms with van der Waals surface area (Å²) in [6.07, 6.45) is 17.1. The summed E-state index contributed by atoms with van der Waals surface area (Å²) in [6, 6.07) is 6.31. The summed E-state index contributed by atoms with van der Waals surface area (Å²) in [5.41, 5.74) is 0. The Balaban J connectivity index is 1.94. The SMILES string of the molecule is CCCCCCCCCCC(C)C[n+]1ccccc1. The van der Waals surface area contributed by atoms with Gasteiger partial charge in [0.25, 0.3) is 0 Å². The van der Waals surface area contributed by atoms with Crippen LogP contribution in [-0.2, 0) is 6.54 Å². The molecule has 0 N–H and O–H groups in total. The fraction of sp³-hybridized carbons (Fsp3) is 0.722. The Kier molecular flexibility index (Phi) is 9.40. The monoisotopic (exact) mass is 262 g/mol. The predicted molar refractivity (Wildman–Crippen MR) is 83.0 cm³/mol. The van der Waals surface area contributed by atoms with E-state index in [4.69, 9.17) is 0 Å². The molecule has 0 saturated heterocycles. The lowest BCUT2D eigenvalue weighted by atomic mass is 10.0. The molecule has 1 nitrogen and oxygen atoms in total. The molecule has 0 aliphatic rings. The molecule has 1 atom stereocenters. The van der Waals surface area contributed by atoms with E-state index in [9.17, 15) is 0 Å². The molecular weight excluding hydrogens is 230 g/mol. The largest absolute Gasteiger partial charge is 0.205 e. The first-order valence-corrected chi connectivity index (χ1v) is 8.27. The Morgan fingerprint density at radius 3 is 2.00 bits per heavy atom. The zero-order chi connectivity index (χ0) is 13.8. The standard InChI is InChI=1S/C18H32N/c1-3-4-5-6-7-8-9-11-14-18(2)17-19-15-12-10-13-16-19/h10,12-13,15-16,18H,3-9,11,14,17H2,1-2H3/q+1. The van der Waals surface area contributed by atoms with Crippen LogP contribution in [0, 0.1) is 5.92 Å². The topological polar surface area (TPSA) is 3.88 Å². The summed E-state index contributed by atoms with van der Waals surface area (Å²) < 4.78 is 2.30. The molecule has 0 radical (unpaired) electrons. The average molecular weight is 262 g/mol. The minimum absolute atomic E-state index is 0.799. The summed E-state index contributed by atoms with van der Waals surface area (Å²) in [6.45, 7) is 5.82. The van der Waals surface area contributed by atoms with Crippen molar-refractivity contribution >= 4 is 0 Å². The third-order valence-electron chi connectivity index (χ3n) is 3.85. The van der Waals surface area contributed by atoms with Gasteiger partial charge in [-0.25, -0.2) is 4.57 Å². The Morgan fingerprint density at radius 2 is 1.37 bits per heavy atom. The van der Waals surface area contributed by atoms with Crippen LogP contribution < -0.4 is 4.57 Å². The zero-order valence-electron chi connectivity index (χ0n) is 13.0. The smallest absolute Gasteiger partial charge is 0.168 e. The molecule has 1 heterocycles. The van der Waals surface area contributed by atoms with Gasteiger partial charge in [-0.05, 0) is 6.42 Å². The van der Waals surface area contributed by atoms with Gasteiger partial charge in [0, 0.05) is 18.1 Å². The van der Waals surface area contributed by atoms with E-state index in [1.54, 1.807) is 0 Å². The number of hydrogen-bond acceptors (Lipinski definition) is 0. The van der Waals surface area contributed by atoms with Crippen molar-refractivity contribution in [2.24, 2.45) is 5.92 Å². The molecule has 0 aliphatic carbocycles. The number of nitrogens with zero attached hydrogens (tertiary/aromatic N) is 1. The number of rotatable bonds is 11. The highest BCUT2D eigenvalue weighted by atomic mass is 14.9. The highest BCUT2D eigenvalue weighted by Gasteiger charge is 2.07. The maximum atomic E-state index is 2.38. The first-order chi connectivity index (χ1) is 9.33. The first kappa shape index (κ1) is 16.2. The van der Waals surface area contributed by atoms with Crippen LogP contribution in [0.15, 0.2) is 30.6 Å². The van der Waals surface area contributed by atoms with Crippen LogP contribution in [0.1, 0.15) is 71.6 Å². The molecular formula is C18H32N+. The third kappa shape index (κ3) is 8.80. The quantitative estimate of drug-likeness (QED) is 0.384. The second-order valence-corrected chi connectivity index (χ2v) is 5.94. The number of unbranched alkanes of at least 4 members (excludes halogenated alkanes) is 7. The van der Waals surface area contributed by atoms with Gasteiger partial charge < -0.3 is 0 Å². The zero-order valence-corrected chi connectivity index (χ0v) is 13.0. The van der Waals surface area contributed by atoms with Gasteiger partial charge in [-0.1, -0.05) is 71.3 Å². The molecule has 0 aromatic carbocycles. The third-order valence-corrected chi connectivity index (χ3v) is 3.85. The van der Waals surface area contributed by atoms with Gasteiger partial charge in [0.05, 0.1) is 0 Å². The molecule has 1 unspecified atom stereocenters. The van der Waals surface area contributed by atoms with Crippen molar-refractivity contribution in [1.82, 2.24) is 0 Å². The summed E-state index contributed by atoms with van der Waals surface area (Å²) >= 11 is 0. The number of aromatic nitrogens is 1. The number of hydrogen-bond donors (Lipinski definition) is 0. The molecule has 0 saturated carbocycles. The molecule has 1 aromatic rings. The highest BCUT2D eigenvalue weighted by Crippen LogP contribution is 2.13.